The van der Waals surface area contributed by atoms with Crippen molar-refractivity contribution in [2.75, 3.05) is 0 Å². The fourth-order valence-electron chi connectivity index (χ4n) is 2.78. The molecule has 0 bridgehead atoms. The molecule has 3 unspecified atom stereocenters. The number of nitrogens with one attached hydrogen (secondary N) is 1. The Morgan fingerprint density at radius 2 is 1.62 bits per heavy atom. The molecule has 0 aromatic heterocycles. The van der Waals surface area contributed by atoms with E-state index in [1.807, 2.05) is 67.6 Å². The van der Waals surface area contributed by atoms with Crippen LogP contribution in [-0.2, 0) is 4.79 Å². The molecule has 2 N–H and O–H groups in total. The fraction of sp³-hybridized carbons (Fsp3) is 0.286. The molecule has 0 fully saturated rings. The highest BCUT2D eigenvalue weighted by molar-refractivity contribution is 5.77. The quantitative estimate of drug-likeness (QED) is 0.722. The molecule has 0 spiro atoms. The number of aliphatic hydroxyl groups is 1. The number of rotatable bonds is 8. The lowest BCUT2D eigenvalue weighted by molar-refractivity contribution is -0.122. The highest BCUT2D eigenvalue weighted by atomic mass is 16.3. The van der Waals surface area contributed by atoms with Gasteiger partial charge in [0.05, 0.1) is 6.10 Å². The van der Waals surface area contributed by atoms with E-state index in [0.717, 1.165) is 11.1 Å². The molecule has 0 radical (unpaired) electrons. The number of hydrogen-bond donors (Lipinski definition) is 2. The van der Waals surface area contributed by atoms with Gasteiger partial charge >= 0.3 is 0 Å². The van der Waals surface area contributed by atoms with Crippen molar-refractivity contribution in [1.82, 2.24) is 5.32 Å². The van der Waals surface area contributed by atoms with Gasteiger partial charge in [-0.2, -0.15) is 0 Å². The first-order chi connectivity index (χ1) is 11.6. The Morgan fingerprint density at radius 3 is 2.17 bits per heavy atom. The van der Waals surface area contributed by atoms with E-state index in [0.29, 0.717) is 12.8 Å². The van der Waals surface area contributed by atoms with E-state index < -0.39 is 6.10 Å². The second-order valence-corrected chi connectivity index (χ2v) is 6.09. The first-order valence-corrected chi connectivity index (χ1v) is 8.30. The summed E-state index contributed by atoms with van der Waals surface area (Å²) < 4.78 is 0. The predicted molar refractivity (Wildman–Crippen MR) is 97.6 cm³/mol. The molecule has 0 saturated heterocycles. The molecular weight excluding hydrogens is 298 g/mol. The third-order valence-corrected chi connectivity index (χ3v) is 4.09. The largest absolute Gasteiger partial charge is 0.388 e. The Balaban J connectivity index is 1.86. The van der Waals surface area contributed by atoms with Crippen LogP contribution in [-0.4, -0.2) is 17.1 Å². The monoisotopic (exact) mass is 323 g/mol. The second-order valence-electron chi connectivity index (χ2n) is 6.09. The molecule has 3 heteroatoms. The van der Waals surface area contributed by atoms with Gasteiger partial charge in [-0.25, -0.2) is 0 Å². The minimum Gasteiger partial charge on any atom is -0.388 e. The Bertz CT molecular complexity index is 639. The lowest BCUT2D eigenvalue weighted by Crippen LogP contribution is -2.34. The van der Waals surface area contributed by atoms with Crippen LogP contribution in [0.5, 0.6) is 0 Å². The zero-order chi connectivity index (χ0) is 17.4. The van der Waals surface area contributed by atoms with Crippen LogP contribution in [0.1, 0.15) is 42.9 Å². The van der Waals surface area contributed by atoms with Crippen LogP contribution in [0.2, 0.25) is 0 Å². The zero-order valence-electron chi connectivity index (χ0n) is 14.1. The summed E-state index contributed by atoms with van der Waals surface area (Å²) in [5.41, 5.74) is 1.95. The second kappa shape index (κ2) is 9.04. The molecule has 0 aliphatic heterocycles. The molecular formula is C21H25NO2. The van der Waals surface area contributed by atoms with E-state index in [-0.39, 0.29) is 17.9 Å². The number of amides is 1. The van der Waals surface area contributed by atoms with Gasteiger partial charge in [0.25, 0.3) is 0 Å². The highest BCUT2D eigenvalue weighted by Gasteiger charge is 2.17. The first kappa shape index (κ1) is 18.0. The average molecular weight is 323 g/mol. The van der Waals surface area contributed by atoms with Crippen LogP contribution in [0.4, 0.5) is 0 Å². The fourth-order valence-corrected chi connectivity index (χ4v) is 2.78. The van der Waals surface area contributed by atoms with Crippen LogP contribution < -0.4 is 5.32 Å². The summed E-state index contributed by atoms with van der Waals surface area (Å²) in [5.74, 6) is -0.0334. The van der Waals surface area contributed by atoms with Crippen LogP contribution in [0.15, 0.2) is 73.3 Å². The lowest BCUT2D eigenvalue weighted by atomic mass is 9.95. The minimum atomic E-state index is -0.578. The third kappa shape index (κ3) is 5.36. The Kier molecular flexibility index (Phi) is 6.76. The average Bonchev–Trinajstić information content (AvgIpc) is 2.61. The summed E-state index contributed by atoms with van der Waals surface area (Å²) >= 11 is 0. The van der Waals surface area contributed by atoms with Crippen molar-refractivity contribution in [3.63, 3.8) is 0 Å². The van der Waals surface area contributed by atoms with E-state index in [1.54, 1.807) is 6.08 Å². The molecule has 126 valence electrons. The summed E-state index contributed by atoms with van der Waals surface area (Å²) in [4.78, 5) is 12.3. The van der Waals surface area contributed by atoms with E-state index in [9.17, 15) is 9.90 Å². The summed E-state index contributed by atoms with van der Waals surface area (Å²) in [6.07, 6.45) is 2.07. The lowest BCUT2D eigenvalue weighted by Gasteiger charge is -2.20. The molecule has 24 heavy (non-hydrogen) atoms. The third-order valence-electron chi connectivity index (χ3n) is 4.09. The van der Waals surface area contributed by atoms with Crippen molar-refractivity contribution in [3.8, 4) is 0 Å². The predicted octanol–water partition coefficient (Wildman–Crippen LogP) is 3.97. The van der Waals surface area contributed by atoms with Crippen molar-refractivity contribution in [1.29, 1.82) is 0 Å². The molecule has 2 rings (SSSR count). The number of carbonyl (C=O) groups excluding carboxylic acids is 1. The molecule has 0 heterocycles. The molecule has 0 saturated carbocycles. The van der Waals surface area contributed by atoms with Crippen LogP contribution >= 0.6 is 0 Å². The maximum absolute atomic E-state index is 12.3. The normalized spacial score (nSPS) is 14.4. The van der Waals surface area contributed by atoms with Crippen molar-refractivity contribution in [3.05, 3.63) is 84.4 Å². The standard InChI is InChI=1S/C21H25NO2/c1-3-17(18-10-6-4-7-11-18)15-21(24)22-16(2)14-20(23)19-12-8-5-9-13-19/h3-13,16-17,20,23H,1,14-15H2,2H3,(H,22,24). The number of allylic oxidation sites excluding steroid dienone is 1. The number of carbonyl (C=O) groups is 1. The molecule has 0 aliphatic rings. The molecule has 2 aromatic rings. The number of hydrogen-bond acceptors (Lipinski definition) is 2. The Morgan fingerprint density at radius 1 is 1.08 bits per heavy atom. The minimum absolute atomic E-state index is 0.00236. The van der Waals surface area contributed by atoms with Crippen molar-refractivity contribution >= 4 is 5.91 Å². The van der Waals surface area contributed by atoms with Gasteiger partial charge in [-0.3, -0.25) is 4.79 Å². The molecule has 2 aromatic carbocycles. The van der Waals surface area contributed by atoms with Gasteiger partial charge < -0.3 is 10.4 Å². The molecule has 3 atom stereocenters. The maximum atomic E-state index is 12.3. The van der Waals surface area contributed by atoms with Gasteiger partial charge in [0.2, 0.25) is 5.91 Å². The Hall–Kier alpha value is -2.39. The van der Waals surface area contributed by atoms with Crippen LogP contribution in [0, 0.1) is 0 Å². The van der Waals surface area contributed by atoms with E-state index in [2.05, 4.69) is 11.9 Å². The van der Waals surface area contributed by atoms with Gasteiger partial charge in [-0.05, 0) is 24.5 Å². The van der Waals surface area contributed by atoms with Gasteiger partial charge in [0, 0.05) is 18.4 Å². The number of benzene rings is 2. The maximum Gasteiger partial charge on any atom is 0.221 e. The van der Waals surface area contributed by atoms with E-state index >= 15 is 0 Å². The summed E-state index contributed by atoms with van der Waals surface area (Å²) in [6.45, 7) is 5.75. The molecule has 3 nitrogen and oxygen atoms in total. The van der Waals surface area contributed by atoms with Gasteiger partial charge in [-0.1, -0.05) is 66.7 Å². The molecule has 0 aliphatic carbocycles. The Labute approximate surface area is 144 Å². The zero-order valence-corrected chi connectivity index (χ0v) is 14.1. The van der Waals surface area contributed by atoms with E-state index in [1.165, 1.54) is 0 Å². The molecule has 1 amide bonds. The van der Waals surface area contributed by atoms with Crippen LogP contribution in [0.25, 0.3) is 0 Å². The van der Waals surface area contributed by atoms with Gasteiger partial charge in [0.1, 0.15) is 0 Å². The summed E-state index contributed by atoms with van der Waals surface area (Å²) in [5, 5.41) is 13.2. The van der Waals surface area contributed by atoms with Gasteiger partial charge in [0.15, 0.2) is 0 Å². The highest BCUT2D eigenvalue weighted by Crippen LogP contribution is 2.21. The summed E-state index contributed by atoms with van der Waals surface area (Å²) in [7, 11) is 0. The van der Waals surface area contributed by atoms with Gasteiger partial charge in [-0.15, -0.1) is 6.58 Å². The SMILES string of the molecule is C=CC(CC(=O)NC(C)CC(O)c1ccccc1)c1ccccc1. The first-order valence-electron chi connectivity index (χ1n) is 8.30. The van der Waals surface area contributed by atoms with Crippen LogP contribution in [0.3, 0.4) is 0 Å². The van der Waals surface area contributed by atoms with Crippen molar-refractivity contribution < 1.29 is 9.90 Å². The van der Waals surface area contributed by atoms with Crippen molar-refractivity contribution in [2.45, 2.75) is 37.8 Å². The van der Waals surface area contributed by atoms with Crippen molar-refractivity contribution in [2.24, 2.45) is 0 Å². The summed E-state index contributed by atoms with van der Waals surface area (Å²) in [6, 6.07) is 19.3. The van der Waals surface area contributed by atoms with E-state index in [4.69, 9.17) is 0 Å². The smallest absolute Gasteiger partial charge is 0.221 e. The number of aliphatic hydroxyl groups excluding tert-OH is 1. The topological polar surface area (TPSA) is 49.3 Å².